The van der Waals surface area contributed by atoms with Crippen LogP contribution in [0, 0.1) is 16.7 Å². The van der Waals surface area contributed by atoms with Crippen molar-refractivity contribution in [3.05, 3.63) is 23.9 Å². The van der Waals surface area contributed by atoms with E-state index in [4.69, 9.17) is 5.26 Å². The van der Waals surface area contributed by atoms with Gasteiger partial charge in [-0.25, -0.2) is 4.98 Å². The minimum atomic E-state index is 0.496. The van der Waals surface area contributed by atoms with Crippen LogP contribution in [0.15, 0.2) is 18.3 Å². The number of aromatic nitrogens is 1. The second-order valence-corrected chi connectivity index (χ2v) is 4.60. The molecule has 1 aromatic heterocycles. The number of nitriles is 1. The summed E-state index contributed by atoms with van der Waals surface area (Å²) in [6.07, 6.45) is 6.86. The van der Waals surface area contributed by atoms with Crippen LogP contribution < -0.4 is 5.32 Å². The quantitative estimate of drug-likeness (QED) is 0.840. The van der Waals surface area contributed by atoms with E-state index in [1.807, 2.05) is 6.07 Å². The molecule has 2 rings (SSSR count). The van der Waals surface area contributed by atoms with Crippen molar-refractivity contribution in [2.24, 2.45) is 5.41 Å². The van der Waals surface area contributed by atoms with Gasteiger partial charge in [0.1, 0.15) is 11.9 Å². The first-order valence-electron chi connectivity index (χ1n) is 5.88. The first-order valence-corrected chi connectivity index (χ1v) is 5.88. The molecule has 0 aliphatic heterocycles. The molecule has 0 unspecified atom stereocenters. The van der Waals surface area contributed by atoms with E-state index in [0.717, 1.165) is 12.4 Å². The van der Waals surface area contributed by atoms with Crippen molar-refractivity contribution in [1.82, 2.24) is 4.98 Å². The monoisotopic (exact) mass is 215 g/mol. The summed E-state index contributed by atoms with van der Waals surface area (Å²) < 4.78 is 0. The highest BCUT2D eigenvalue weighted by Crippen LogP contribution is 2.43. The summed E-state index contributed by atoms with van der Waals surface area (Å²) in [6.45, 7) is 3.26. The molecule has 0 saturated heterocycles. The highest BCUT2D eigenvalue weighted by Gasteiger charge is 2.34. The van der Waals surface area contributed by atoms with E-state index in [0.29, 0.717) is 11.0 Å². The molecule has 84 valence electrons. The summed E-state index contributed by atoms with van der Waals surface area (Å²) in [5.41, 5.74) is 1.11. The molecular formula is C13H17N3. The van der Waals surface area contributed by atoms with Gasteiger partial charge in [-0.15, -0.1) is 0 Å². The number of hydrogen-bond donors (Lipinski definition) is 1. The zero-order valence-corrected chi connectivity index (χ0v) is 9.66. The molecule has 1 aromatic rings. The summed E-state index contributed by atoms with van der Waals surface area (Å²) in [7, 11) is 0. The van der Waals surface area contributed by atoms with Crippen molar-refractivity contribution in [1.29, 1.82) is 5.26 Å². The molecule has 0 spiro atoms. The molecule has 3 heteroatoms. The van der Waals surface area contributed by atoms with Crippen LogP contribution in [0.2, 0.25) is 0 Å². The number of anilines is 1. The van der Waals surface area contributed by atoms with E-state index in [2.05, 4.69) is 23.3 Å². The Balaban J connectivity index is 1.92. The Bertz CT molecular complexity index is 379. The molecule has 1 fully saturated rings. The standard InChI is InChI=1S/C13H17N3/c1-2-13(6-3-7-13)10-16-12-5-4-11(8-14)9-15-12/h4-5,9H,2-3,6-7,10H2,1H3,(H,15,16). The third-order valence-electron chi connectivity index (χ3n) is 3.70. The first kappa shape index (κ1) is 10.9. The normalized spacial score (nSPS) is 17.2. The minimum Gasteiger partial charge on any atom is -0.370 e. The fourth-order valence-corrected chi connectivity index (χ4v) is 2.17. The predicted molar refractivity (Wildman–Crippen MR) is 64.0 cm³/mol. The summed E-state index contributed by atoms with van der Waals surface area (Å²) in [5, 5.41) is 12.0. The van der Waals surface area contributed by atoms with Gasteiger partial charge in [0.2, 0.25) is 0 Å². The predicted octanol–water partition coefficient (Wildman–Crippen LogP) is 2.95. The molecule has 1 heterocycles. The number of rotatable bonds is 4. The van der Waals surface area contributed by atoms with Gasteiger partial charge in [-0.1, -0.05) is 13.3 Å². The maximum absolute atomic E-state index is 8.66. The summed E-state index contributed by atoms with van der Waals surface area (Å²) in [5.74, 6) is 0.874. The van der Waals surface area contributed by atoms with Crippen molar-refractivity contribution < 1.29 is 0 Å². The van der Waals surface area contributed by atoms with Gasteiger partial charge in [-0.2, -0.15) is 5.26 Å². The Morgan fingerprint density at radius 1 is 1.50 bits per heavy atom. The van der Waals surface area contributed by atoms with Crippen molar-refractivity contribution >= 4 is 5.82 Å². The van der Waals surface area contributed by atoms with Gasteiger partial charge < -0.3 is 5.32 Å². The van der Waals surface area contributed by atoms with Gasteiger partial charge in [0.25, 0.3) is 0 Å². The lowest BCUT2D eigenvalue weighted by molar-refractivity contribution is 0.145. The highest BCUT2D eigenvalue weighted by atomic mass is 15.0. The van der Waals surface area contributed by atoms with Crippen LogP contribution >= 0.6 is 0 Å². The third kappa shape index (κ3) is 2.16. The Labute approximate surface area is 96.5 Å². The maximum Gasteiger partial charge on any atom is 0.125 e. The van der Waals surface area contributed by atoms with Gasteiger partial charge in [-0.05, 0) is 36.8 Å². The number of nitrogens with zero attached hydrogens (tertiary/aromatic N) is 2. The SMILES string of the molecule is CCC1(CNc2ccc(C#N)cn2)CCC1. The molecule has 0 bridgehead atoms. The van der Waals surface area contributed by atoms with Crippen LogP contribution in [0.5, 0.6) is 0 Å². The number of pyridine rings is 1. The Morgan fingerprint density at radius 3 is 2.75 bits per heavy atom. The third-order valence-corrected chi connectivity index (χ3v) is 3.70. The number of hydrogen-bond acceptors (Lipinski definition) is 3. The average molecular weight is 215 g/mol. The lowest BCUT2D eigenvalue weighted by atomic mass is 9.67. The molecule has 0 radical (unpaired) electrons. The van der Waals surface area contributed by atoms with E-state index in [9.17, 15) is 0 Å². The van der Waals surface area contributed by atoms with Gasteiger partial charge in [0.15, 0.2) is 0 Å². The van der Waals surface area contributed by atoms with Crippen molar-refractivity contribution in [2.75, 3.05) is 11.9 Å². The van der Waals surface area contributed by atoms with E-state index < -0.39 is 0 Å². The molecule has 0 atom stereocenters. The van der Waals surface area contributed by atoms with Crippen LogP contribution in [0.25, 0.3) is 0 Å². The fraction of sp³-hybridized carbons (Fsp3) is 0.538. The maximum atomic E-state index is 8.66. The van der Waals surface area contributed by atoms with Crippen molar-refractivity contribution in [3.8, 4) is 6.07 Å². The second-order valence-electron chi connectivity index (χ2n) is 4.60. The summed E-state index contributed by atoms with van der Waals surface area (Å²) in [4.78, 5) is 4.21. The van der Waals surface area contributed by atoms with Gasteiger partial charge in [0, 0.05) is 12.7 Å². The van der Waals surface area contributed by atoms with E-state index in [1.165, 1.54) is 25.7 Å². The molecule has 1 aliphatic carbocycles. The van der Waals surface area contributed by atoms with E-state index in [-0.39, 0.29) is 0 Å². The first-order chi connectivity index (χ1) is 7.78. The van der Waals surface area contributed by atoms with Crippen LogP contribution in [0.4, 0.5) is 5.82 Å². The Kier molecular flexibility index (Phi) is 3.09. The zero-order chi connectivity index (χ0) is 11.4. The molecule has 0 amide bonds. The molecule has 1 saturated carbocycles. The fourth-order valence-electron chi connectivity index (χ4n) is 2.17. The van der Waals surface area contributed by atoms with Crippen LogP contribution in [-0.2, 0) is 0 Å². The second kappa shape index (κ2) is 4.52. The van der Waals surface area contributed by atoms with E-state index >= 15 is 0 Å². The topological polar surface area (TPSA) is 48.7 Å². The van der Waals surface area contributed by atoms with Crippen molar-refractivity contribution in [2.45, 2.75) is 32.6 Å². The van der Waals surface area contributed by atoms with Gasteiger partial charge >= 0.3 is 0 Å². The molecule has 1 aliphatic rings. The zero-order valence-electron chi connectivity index (χ0n) is 9.66. The average Bonchev–Trinajstić information content (AvgIpc) is 2.29. The molecule has 0 aromatic carbocycles. The summed E-state index contributed by atoms with van der Waals surface area (Å²) >= 11 is 0. The lowest BCUT2D eigenvalue weighted by Crippen LogP contribution is -2.36. The molecule has 3 nitrogen and oxygen atoms in total. The van der Waals surface area contributed by atoms with Crippen LogP contribution in [-0.4, -0.2) is 11.5 Å². The Hall–Kier alpha value is -1.56. The lowest BCUT2D eigenvalue weighted by Gasteiger charge is -2.41. The molecular weight excluding hydrogens is 198 g/mol. The summed E-state index contributed by atoms with van der Waals surface area (Å²) in [6, 6.07) is 5.75. The Morgan fingerprint density at radius 2 is 2.31 bits per heavy atom. The van der Waals surface area contributed by atoms with Crippen LogP contribution in [0.3, 0.4) is 0 Å². The smallest absolute Gasteiger partial charge is 0.125 e. The van der Waals surface area contributed by atoms with Crippen LogP contribution in [0.1, 0.15) is 38.2 Å². The van der Waals surface area contributed by atoms with Gasteiger partial charge in [-0.3, -0.25) is 0 Å². The number of nitrogens with one attached hydrogen (secondary N) is 1. The van der Waals surface area contributed by atoms with Gasteiger partial charge in [0.05, 0.1) is 5.56 Å². The highest BCUT2D eigenvalue weighted by molar-refractivity contribution is 5.39. The van der Waals surface area contributed by atoms with Crippen molar-refractivity contribution in [3.63, 3.8) is 0 Å². The largest absolute Gasteiger partial charge is 0.370 e. The molecule has 1 N–H and O–H groups in total. The molecule has 16 heavy (non-hydrogen) atoms. The minimum absolute atomic E-state index is 0.496. The van der Waals surface area contributed by atoms with E-state index in [1.54, 1.807) is 12.3 Å².